The maximum atomic E-state index is 12.1. The minimum Gasteiger partial charge on any atom is -0.484 e. The maximum absolute atomic E-state index is 12.1. The van der Waals surface area contributed by atoms with Crippen LogP contribution in [0.1, 0.15) is 5.56 Å². The summed E-state index contributed by atoms with van der Waals surface area (Å²) in [5.41, 5.74) is 1.90. The van der Waals surface area contributed by atoms with E-state index in [1.54, 1.807) is 30.5 Å². The highest BCUT2D eigenvalue weighted by atomic mass is 35.5. The first kappa shape index (κ1) is 22.4. The number of nitrogens with zero attached hydrogens (tertiary/aromatic N) is 3. The van der Waals surface area contributed by atoms with Gasteiger partial charge in [0.1, 0.15) is 11.6 Å². The van der Waals surface area contributed by atoms with Crippen LogP contribution in [0, 0.1) is 0 Å². The Hall–Kier alpha value is -2.80. The molecule has 166 valence electrons. The van der Waals surface area contributed by atoms with Gasteiger partial charge in [0.2, 0.25) is 0 Å². The zero-order valence-corrected chi connectivity index (χ0v) is 19.0. The smallest absolute Gasteiger partial charge is 0.262 e. The van der Waals surface area contributed by atoms with Crippen molar-refractivity contribution in [1.29, 1.82) is 0 Å². The van der Waals surface area contributed by atoms with Gasteiger partial charge in [-0.05, 0) is 54.1 Å². The van der Waals surface area contributed by atoms with Crippen LogP contribution in [0.5, 0.6) is 5.75 Å². The van der Waals surface area contributed by atoms with Crippen LogP contribution in [-0.4, -0.2) is 48.6 Å². The molecule has 1 saturated heterocycles. The lowest BCUT2D eigenvalue weighted by Gasteiger charge is -2.35. The summed E-state index contributed by atoms with van der Waals surface area (Å²) in [6, 6.07) is 18.7. The minimum atomic E-state index is -0.245. The molecule has 6 nitrogen and oxygen atoms in total. The number of rotatable bonds is 7. The van der Waals surface area contributed by atoms with Gasteiger partial charge in [-0.3, -0.25) is 9.69 Å². The topological polar surface area (TPSA) is 57.7 Å². The average Bonchev–Trinajstić information content (AvgIpc) is 2.81. The van der Waals surface area contributed by atoms with Crippen LogP contribution in [0.25, 0.3) is 0 Å². The fourth-order valence-corrected chi connectivity index (χ4v) is 3.76. The van der Waals surface area contributed by atoms with Gasteiger partial charge in [-0.1, -0.05) is 35.3 Å². The number of carbonyl (C=O) groups excluding carboxylic acids is 1. The summed E-state index contributed by atoms with van der Waals surface area (Å²) in [4.78, 5) is 21.3. The van der Waals surface area contributed by atoms with E-state index in [1.807, 2.05) is 24.3 Å². The number of pyridine rings is 1. The quantitative estimate of drug-likeness (QED) is 0.540. The third kappa shape index (κ3) is 6.36. The molecule has 3 aromatic rings. The number of amides is 1. The first-order chi connectivity index (χ1) is 15.5. The number of halogens is 2. The molecule has 0 aliphatic carbocycles. The number of piperazine rings is 1. The van der Waals surface area contributed by atoms with Crippen LogP contribution in [0.2, 0.25) is 10.0 Å². The molecule has 0 atom stereocenters. The molecule has 0 saturated carbocycles. The normalized spacial score (nSPS) is 14.2. The van der Waals surface area contributed by atoms with Crippen LogP contribution in [0.4, 0.5) is 11.5 Å². The lowest BCUT2D eigenvalue weighted by atomic mass is 10.2. The van der Waals surface area contributed by atoms with Crippen molar-refractivity contribution in [3.05, 3.63) is 82.5 Å². The van der Waals surface area contributed by atoms with Gasteiger partial charge >= 0.3 is 0 Å². The van der Waals surface area contributed by atoms with E-state index < -0.39 is 0 Å². The van der Waals surface area contributed by atoms with Crippen molar-refractivity contribution in [2.45, 2.75) is 6.54 Å². The molecule has 32 heavy (non-hydrogen) atoms. The molecule has 0 radical (unpaired) electrons. The first-order valence-electron chi connectivity index (χ1n) is 10.4. The summed E-state index contributed by atoms with van der Waals surface area (Å²) >= 11 is 11.8. The Morgan fingerprint density at radius 1 is 0.906 bits per heavy atom. The van der Waals surface area contributed by atoms with Gasteiger partial charge in [0.05, 0.1) is 11.9 Å². The Morgan fingerprint density at radius 3 is 2.19 bits per heavy atom. The van der Waals surface area contributed by atoms with E-state index in [1.165, 1.54) is 5.56 Å². The fourth-order valence-electron chi connectivity index (χ4n) is 3.51. The molecule has 1 N–H and O–H groups in total. The number of ether oxygens (including phenoxy) is 1. The Labute approximate surface area is 197 Å². The number of benzene rings is 2. The number of aromatic nitrogens is 1. The molecule has 0 bridgehead atoms. The van der Waals surface area contributed by atoms with Crippen molar-refractivity contribution >= 4 is 40.6 Å². The molecule has 0 unspecified atom stereocenters. The number of anilines is 2. The highest BCUT2D eigenvalue weighted by Gasteiger charge is 2.18. The molecule has 2 heterocycles. The summed E-state index contributed by atoms with van der Waals surface area (Å²) in [5, 5.41) is 4.19. The summed E-state index contributed by atoms with van der Waals surface area (Å²) < 4.78 is 5.46. The maximum Gasteiger partial charge on any atom is 0.262 e. The Kier molecular flexibility index (Phi) is 7.47. The molecular weight excluding hydrogens is 447 g/mol. The van der Waals surface area contributed by atoms with E-state index >= 15 is 0 Å². The van der Waals surface area contributed by atoms with Gasteiger partial charge in [0, 0.05) is 42.8 Å². The summed E-state index contributed by atoms with van der Waals surface area (Å²) in [5.74, 6) is 1.25. The van der Waals surface area contributed by atoms with Crippen molar-refractivity contribution in [3.63, 3.8) is 0 Å². The third-order valence-corrected chi connectivity index (χ3v) is 5.73. The molecule has 2 aromatic carbocycles. The monoisotopic (exact) mass is 470 g/mol. The van der Waals surface area contributed by atoms with E-state index in [2.05, 4.69) is 32.2 Å². The van der Waals surface area contributed by atoms with E-state index in [0.29, 0.717) is 16.5 Å². The molecule has 1 fully saturated rings. The summed E-state index contributed by atoms with van der Waals surface area (Å²) in [6.45, 7) is 4.57. The molecule has 1 aromatic heterocycles. The Bertz CT molecular complexity index is 1020. The Morgan fingerprint density at radius 2 is 1.56 bits per heavy atom. The standard InChI is InChI=1S/C24H24Cl2N4O2/c25-19-3-1-18(2-4-19)16-29-11-13-30(14-12-29)23-10-7-21(15-27-23)28-24(31)17-32-22-8-5-20(26)6-9-22/h1-10,15H,11-14,16-17H2,(H,28,31). The van der Waals surface area contributed by atoms with Crippen LogP contribution >= 0.6 is 23.2 Å². The van der Waals surface area contributed by atoms with Crippen molar-refractivity contribution < 1.29 is 9.53 Å². The van der Waals surface area contributed by atoms with Gasteiger partial charge in [-0.15, -0.1) is 0 Å². The highest BCUT2D eigenvalue weighted by molar-refractivity contribution is 6.30. The molecule has 4 rings (SSSR count). The number of carbonyl (C=O) groups is 1. The van der Waals surface area contributed by atoms with Crippen molar-refractivity contribution in [3.8, 4) is 5.75 Å². The van der Waals surface area contributed by atoms with Gasteiger partial charge in [0.15, 0.2) is 6.61 Å². The second kappa shape index (κ2) is 10.7. The molecule has 1 aliphatic heterocycles. The lowest BCUT2D eigenvalue weighted by Crippen LogP contribution is -2.46. The highest BCUT2D eigenvalue weighted by Crippen LogP contribution is 2.19. The summed E-state index contributed by atoms with van der Waals surface area (Å²) in [6.07, 6.45) is 1.68. The van der Waals surface area contributed by atoms with E-state index in [-0.39, 0.29) is 12.5 Å². The molecule has 1 aliphatic rings. The van der Waals surface area contributed by atoms with Crippen molar-refractivity contribution in [2.24, 2.45) is 0 Å². The zero-order valence-electron chi connectivity index (χ0n) is 17.5. The number of hydrogen-bond donors (Lipinski definition) is 1. The van der Waals surface area contributed by atoms with Gasteiger partial charge in [-0.2, -0.15) is 0 Å². The van der Waals surface area contributed by atoms with Gasteiger partial charge in [-0.25, -0.2) is 4.98 Å². The second-order valence-electron chi connectivity index (χ2n) is 7.59. The number of nitrogens with one attached hydrogen (secondary N) is 1. The van der Waals surface area contributed by atoms with E-state index in [0.717, 1.165) is 43.6 Å². The predicted molar refractivity (Wildman–Crippen MR) is 129 cm³/mol. The number of hydrogen-bond acceptors (Lipinski definition) is 5. The minimum absolute atomic E-state index is 0.0844. The third-order valence-electron chi connectivity index (χ3n) is 5.23. The summed E-state index contributed by atoms with van der Waals surface area (Å²) in [7, 11) is 0. The average molecular weight is 471 g/mol. The Balaban J connectivity index is 1.22. The second-order valence-corrected chi connectivity index (χ2v) is 8.46. The van der Waals surface area contributed by atoms with E-state index in [9.17, 15) is 4.79 Å². The lowest BCUT2D eigenvalue weighted by molar-refractivity contribution is -0.118. The van der Waals surface area contributed by atoms with E-state index in [4.69, 9.17) is 27.9 Å². The molecule has 8 heteroatoms. The SMILES string of the molecule is O=C(COc1ccc(Cl)cc1)Nc1ccc(N2CCN(Cc3ccc(Cl)cc3)CC2)nc1. The molecule has 1 amide bonds. The molecule has 0 spiro atoms. The van der Waals surface area contributed by atoms with Crippen molar-refractivity contribution in [2.75, 3.05) is 43.0 Å². The van der Waals surface area contributed by atoms with Crippen LogP contribution < -0.4 is 15.0 Å². The fraction of sp³-hybridized carbons (Fsp3) is 0.250. The van der Waals surface area contributed by atoms with Crippen LogP contribution in [-0.2, 0) is 11.3 Å². The van der Waals surface area contributed by atoms with Crippen molar-refractivity contribution in [1.82, 2.24) is 9.88 Å². The largest absolute Gasteiger partial charge is 0.484 e. The zero-order chi connectivity index (χ0) is 22.3. The first-order valence-corrected chi connectivity index (χ1v) is 11.2. The van der Waals surface area contributed by atoms with Crippen LogP contribution in [0.15, 0.2) is 66.9 Å². The van der Waals surface area contributed by atoms with Crippen LogP contribution in [0.3, 0.4) is 0 Å². The van der Waals surface area contributed by atoms with Gasteiger partial charge < -0.3 is 15.0 Å². The molecular formula is C24H24Cl2N4O2. The van der Waals surface area contributed by atoms with Gasteiger partial charge in [0.25, 0.3) is 5.91 Å². The predicted octanol–water partition coefficient (Wildman–Crippen LogP) is 4.73.